The van der Waals surface area contributed by atoms with Crippen molar-refractivity contribution < 1.29 is 14.1 Å². The van der Waals surface area contributed by atoms with Crippen molar-refractivity contribution in [3.63, 3.8) is 0 Å². The monoisotopic (exact) mass is 316 g/mol. The van der Waals surface area contributed by atoms with Gasteiger partial charge >= 0.3 is 0 Å². The highest BCUT2D eigenvalue weighted by Gasteiger charge is 2.28. The summed E-state index contributed by atoms with van der Waals surface area (Å²) in [7, 11) is 1.57. The number of methoxy groups -OCH3 is 1. The Morgan fingerprint density at radius 3 is 3.22 bits per heavy atom. The van der Waals surface area contributed by atoms with E-state index >= 15 is 0 Å². The number of ether oxygens (including phenoxy) is 1. The third kappa shape index (κ3) is 3.11. The Morgan fingerprint density at radius 2 is 2.50 bits per heavy atom. The molecule has 100 valence electrons. The standard InChI is InChI=1S/C12H17BrN2O3/c1-17-7-9-5-11(15-18-9)12(16)14-10-4-2-3-8(10)6-13/h5,8,10H,2-4,6-7H2,1H3,(H,14,16). The molecular weight excluding hydrogens is 300 g/mol. The van der Waals surface area contributed by atoms with E-state index in [-0.39, 0.29) is 11.9 Å². The molecule has 0 saturated heterocycles. The predicted molar refractivity (Wildman–Crippen MR) is 69.6 cm³/mol. The molecule has 1 saturated carbocycles. The average molecular weight is 317 g/mol. The maximum atomic E-state index is 12.0. The summed E-state index contributed by atoms with van der Waals surface area (Å²) in [5, 5.41) is 7.69. The quantitative estimate of drug-likeness (QED) is 0.845. The maximum absolute atomic E-state index is 12.0. The zero-order chi connectivity index (χ0) is 13.0. The molecule has 1 N–H and O–H groups in total. The van der Waals surface area contributed by atoms with E-state index in [1.165, 1.54) is 0 Å². The van der Waals surface area contributed by atoms with Crippen LogP contribution in [0.3, 0.4) is 0 Å². The van der Waals surface area contributed by atoms with E-state index in [0.29, 0.717) is 24.0 Å². The molecule has 0 bridgehead atoms. The van der Waals surface area contributed by atoms with E-state index < -0.39 is 0 Å². The topological polar surface area (TPSA) is 64.4 Å². The van der Waals surface area contributed by atoms with Crippen molar-refractivity contribution in [2.24, 2.45) is 5.92 Å². The number of carbonyl (C=O) groups excluding carboxylic acids is 1. The normalized spacial score (nSPS) is 23.2. The van der Waals surface area contributed by atoms with Crippen molar-refractivity contribution in [2.45, 2.75) is 31.9 Å². The number of halogens is 1. The van der Waals surface area contributed by atoms with Gasteiger partial charge in [0, 0.05) is 24.5 Å². The summed E-state index contributed by atoms with van der Waals surface area (Å²) in [6.45, 7) is 0.327. The molecule has 1 amide bonds. The van der Waals surface area contributed by atoms with Gasteiger partial charge in [-0.2, -0.15) is 0 Å². The van der Waals surface area contributed by atoms with Crippen molar-refractivity contribution in [2.75, 3.05) is 12.4 Å². The molecule has 1 aliphatic carbocycles. The molecule has 1 aromatic rings. The summed E-state index contributed by atoms with van der Waals surface area (Å²) < 4.78 is 9.92. The van der Waals surface area contributed by atoms with E-state index in [0.717, 1.165) is 24.6 Å². The van der Waals surface area contributed by atoms with Gasteiger partial charge in [-0.25, -0.2) is 0 Å². The van der Waals surface area contributed by atoms with Gasteiger partial charge in [0.25, 0.3) is 5.91 Å². The summed E-state index contributed by atoms with van der Waals surface area (Å²) in [5.74, 6) is 0.907. The summed E-state index contributed by atoms with van der Waals surface area (Å²) in [6, 6.07) is 1.86. The van der Waals surface area contributed by atoms with Gasteiger partial charge in [0.15, 0.2) is 11.5 Å². The number of nitrogens with zero attached hydrogens (tertiary/aromatic N) is 1. The fraction of sp³-hybridized carbons (Fsp3) is 0.667. The summed E-state index contributed by atoms with van der Waals surface area (Å²) >= 11 is 3.49. The second kappa shape index (κ2) is 6.33. The Bertz CT molecular complexity index is 408. The van der Waals surface area contributed by atoms with Crippen LogP contribution < -0.4 is 5.32 Å². The van der Waals surface area contributed by atoms with Crippen molar-refractivity contribution in [1.82, 2.24) is 10.5 Å². The van der Waals surface area contributed by atoms with Crippen LogP contribution in [0.2, 0.25) is 0 Å². The first-order chi connectivity index (χ1) is 8.74. The van der Waals surface area contributed by atoms with Crippen LogP contribution in [-0.2, 0) is 11.3 Å². The Morgan fingerprint density at radius 1 is 1.67 bits per heavy atom. The van der Waals surface area contributed by atoms with Gasteiger partial charge in [0.1, 0.15) is 6.61 Å². The number of aromatic nitrogens is 1. The van der Waals surface area contributed by atoms with Crippen molar-refractivity contribution in [3.05, 3.63) is 17.5 Å². The van der Waals surface area contributed by atoms with Crippen LogP contribution in [0.4, 0.5) is 0 Å². The van der Waals surface area contributed by atoms with Gasteiger partial charge in [0.2, 0.25) is 0 Å². The lowest BCUT2D eigenvalue weighted by molar-refractivity contribution is 0.0920. The smallest absolute Gasteiger partial charge is 0.273 e. The molecule has 6 heteroatoms. The van der Waals surface area contributed by atoms with Crippen molar-refractivity contribution in [3.8, 4) is 0 Å². The molecule has 5 nitrogen and oxygen atoms in total. The average Bonchev–Trinajstić information content (AvgIpc) is 2.98. The molecule has 0 spiro atoms. The fourth-order valence-electron chi connectivity index (χ4n) is 2.28. The van der Waals surface area contributed by atoms with Crippen LogP contribution in [0, 0.1) is 5.92 Å². The minimum Gasteiger partial charge on any atom is -0.377 e. The highest BCUT2D eigenvalue weighted by molar-refractivity contribution is 9.09. The molecule has 2 atom stereocenters. The molecule has 2 unspecified atom stereocenters. The minimum absolute atomic E-state index is 0.168. The summed E-state index contributed by atoms with van der Waals surface area (Å²) in [5.41, 5.74) is 0.322. The van der Waals surface area contributed by atoms with Gasteiger partial charge in [-0.05, 0) is 18.8 Å². The lowest BCUT2D eigenvalue weighted by Gasteiger charge is -2.17. The number of carbonyl (C=O) groups is 1. The van der Waals surface area contributed by atoms with Crippen LogP contribution in [0.15, 0.2) is 10.6 Å². The Kier molecular flexibility index (Phi) is 4.77. The van der Waals surface area contributed by atoms with Crippen LogP contribution in [0.1, 0.15) is 35.5 Å². The molecule has 0 aromatic carbocycles. The van der Waals surface area contributed by atoms with Gasteiger partial charge in [-0.1, -0.05) is 27.5 Å². The number of hydrogen-bond acceptors (Lipinski definition) is 4. The number of nitrogens with one attached hydrogen (secondary N) is 1. The molecular formula is C12H17BrN2O3. The zero-order valence-corrected chi connectivity index (χ0v) is 11.9. The van der Waals surface area contributed by atoms with E-state index in [1.807, 2.05) is 0 Å². The third-order valence-electron chi connectivity index (χ3n) is 3.25. The molecule has 1 fully saturated rings. The molecule has 18 heavy (non-hydrogen) atoms. The summed E-state index contributed by atoms with van der Waals surface area (Å²) in [6.07, 6.45) is 3.35. The van der Waals surface area contributed by atoms with Gasteiger partial charge < -0.3 is 14.6 Å². The van der Waals surface area contributed by atoms with E-state index in [9.17, 15) is 4.79 Å². The Balaban J connectivity index is 1.94. The van der Waals surface area contributed by atoms with Gasteiger partial charge in [-0.15, -0.1) is 0 Å². The number of hydrogen-bond donors (Lipinski definition) is 1. The Labute approximate surface area is 114 Å². The van der Waals surface area contributed by atoms with E-state index in [4.69, 9.17) is 9.26 Å². The zero-order valence-electron chi connectivity index (χ0n) is 10.3. The van der Waals surface area contributed by atoms with Crippen LogP contribution in [-0.4, -0.2) is 29.5 Å². The fourth-order valence-corrected chi connectivity index (χ4v) is 3.06. The van der Waals surface area contributed by atoms with Gasteiger partial charge in [0.05, 0.1) is 0 Å². The first kappa shape index (κ1) is 13.5. The third-order valence-corrected chi connectivity index (χ3v) is 4.08. The van der Waals surface area contributed by atoms with Crippen molar-refractivity contribution in [1.29, 1.82) is 0 Å². The van der Waals surface area contributed by atoms with E-state index in [2.05, 4.69) is 26.4 Å². The lowest BCUT2D eigenvalue weighted by Crippen LogP contribution is -2.38. The number of alkyl halides is 1. The second-order valence-electron chi connectivity index (χ2n) is 4.54. The molecule has 1 aliphatic rings. The van der Waals surface area contributed by atoms with Crippen molar-refractivity contribution >= 4 is 21.8 Å². The van der Waals surface area contributed by atoms with Crippen LogP contribution in [0.25, 0.3) is 0 Å². The predicted octanol–water partition coefficient (Wildman–Crippen LogP) is 2.11. The second-order valence-corrected chi connectivity index (χ2v) is 5.18. The number of rotatable bonds is 5. The lowest BCUT2D eigenvalue weighted by atomic mass is 10.1. The number of amides is 1. The Hall–Kier alpha value is -0.880. The maximum Gasteiger partial charge on any atom is 0.273 e. The van der Waals surface area contributed by atoms with Gasteiger partial charge in [-0.3, -0.25) is 4.79 Å². The van der Waals surface area contributed by atoms with E-state index in [1.54, 1.807) is 13.2 Å². The molecule has 1 aromatic heterocycles. The minimum atomic E-state index is -0.168. The SMILES string of the molecule is COCc1cc(C(=O)NC2CCCC2CBr)no1. The van der Waals surface area contributed by atoms with Crippen LogP contribution in [0.5, 0.6) is 0 Å². The molecule has 0 radical (unpaired) electrons. The first-order valence-corrected chi connectivity index (χ1v) is 7.18. The molecule has 0 aliphatic heterocycles. The first-order valence-electron chi connectivity index (χ1n) is 6.06. The highest BCUT2D eigenvalue weighted by Crippen LogP contribution is 2.27. The largest absolute Gasteiger partial charge is 0.377 e. The molecule has 2 rings (SSSR count). The highest BCUT2D eigenvalue weighted by atomic mass is 79.9. The summed E-state index contributed by atoms with van der Waals surface area (Å²) in [4.78, 5) is 12.0. The molecule has 1 heterocycles. The van der Waals surface area contributed by atoms with Crippen LogP contribution >= 0.6 is 15.9 Å².